The minimum Gasteiger partial charge on any atom is -0.353 e. The lowest BCUT2D eigenvalue weighted by Crippen LogP contribution is -2.64. The molecular formula is C28H30O10S2. The molecule has 0 bridgehead atoms. The highest BCUT2D eigenvalue weighted by Gasteiger charge is 2.54. The quantitative estimate of drug-likeness (QED) is 0.359. The lowest BCUT2D eigenvalue weighted by molar-refractivity contribution is -0.351. The maximum absolute atomic E-state index is 13.5. The van der Waals surface area contributed by atoms with E-state index in [1.165, 1.54) is 31.4 Å². The van der Waals surface area contributed by atoms with Gasteiger partial charge in [-0.2, -0.15) is 16.8 Å². The van der Waals surface area contributed by atoms with E-state index in [1.807, 2.05) is 32.0 Å². The topological polar surface area (TPSA) is 124 Å². The van der Waals surface area contributed by atoms with Crippen LogP contribution in [0.2, 0.25) is 0 Å². The standard InChI is InChI=1S/C28H30O10S2/c1-18-9-13-21(14-10-18)39(29,30)37-25-24-23(17-34-27(36-24)20-7-5-4-6-8-20)35-28(33-3)26(25)38-40(31,32)22-15-11-19(2)12-16-22/h4-16,23-28H,17H2,1-3H3/t23-,24+,25-,26+,27+,28+/m0/s1. The van der Waals surface area contributed by atoms with Gasteiger partial charge in [-0.05, 0) is 38.1 Å². The predicted molar refractivity (Wildman–Crippen MR) is 142 cm³/mol. The minimum absolute atomic E-state index is 0.00591. The van der Waals surface area contributed by atoms with Crippen molar-refractivity contribution in [1.29, 1.82) is 0 Å². The smallest absolute Gasteiger partial charge is 0.297 e. The molecule has 6 atom stereocenters. The van der Waals surface area contributed by atoms with Gasteiger partial charge in [0.2, 0.25) is 0 Å². The highest BCUT2D eigenvalue weighted by atomic mass is 32.2. The Morgan fingerprint density at radius 2 is 1.23 bits per heavy atom. The number of hydrogen-bond acceptors (Lipinski definition) is 10. The fourth-order valence-corrected chi connectivity index (χ4v) is 6.71. The Balaban J connectivity index is 1.53. The summed E-state index contributed by atoms with van der Waals surface area (Å²) in [6.07, 6.45) is -7.17. The van der Waals surface area contributed by atoms with Gasteiger partial charge in [0.05, 0.1) is 16.4 Å². The average Bonchev–Trinajstić information content (AvgIpc) is 2.94. The SMILES string of the molecule is CO[C@@H]1O[C@H]2CO[C@@H](c3ccccc3)O[C@H]2[C@H](OS(=O)(=O)c2ccc(C)cc2)[C@H]1OS(=O)(=O)c1ccc(C)cc1. The molecule has 2 aliphatic heterocycles. The van der Waals surface area contributed by atoms with Crippen molar-refractivity contribution in [2.75, 3.05) is 13.7 Å². The molecule has 214 valence electrons. The van der Waals surface area contributed by atoms with Gasteiger partial charge >= 0.3 is 0 Å². The van der Waals surface area contributed by atoms with Crippen LogP contribution in [0.5, 0.6) is 0 Å². The normalized spacial score (nSPS) is 27.2. The number of aryl methyl sites for hydroxylation is 2. The van der Waals surface area contributed by atoms with Crippen LogP contribution in [0.25, 0.3) is 0 Å². The van der Waals surface area contributed by atoms with Crippen molar-refractivity contribution in [1.82, 2.24) is 0 Å². The summed E-state index contributed by atoms with van der Waals surface area (Å²) >= 11 is 0. The number of methoxy groups -OCH3 is 1. The van der Waals surface area contributed by atoms with Crippen LogP contribution in [0.3, 0.4) is 0 Å². The van der Waals surface area contributed by atoms with Crippen molar-refractivity contribution < 1.29 is 44.1 Å². The van der Waals surface area contributed by atoms with Crippen LogP contribution in [0.1, 0.15) is 23.0 Å². The van der Waals surface area contributed by atoms with E-state index < -0.39 is 57.2 Å². The summed E-state index contributed by atoms with van der Waals surface area (Å²) in [4.78, 5) is -0.229. The first-order chi connectivity index (χ1) is 19.1. The van der Waals surface area contributed by atoms with Crippen LogP contribution in [-0.4, -0.2) is 61.3 Å². The van der Waals surface area contributed by atoms with Crippen molar-refractivity contribution in [3.8, 4) is 0 Å². The molecule has 2 saturated heterocycles. The lowest BCUT2D eigenvalue weighted by Gasteiger charge is -2.47. The maximum Gasteiger partial charge on any atom is 0.297 e. The summed E-state index contributed by atoms with van der Waals surface area (Å²) in [6.45, 7) is 3.65. The van der Waals surface area contributed by atoms with Crippen LogP contribution < -0.4 is 0 Å². The van der Waals surface area contributed by atoms with Gasteiger partial charge in [0.15, 0.2) is 18.7 Å². The Hall–Kier alpha value is -2.68. The third kappa shape index (κ3) is 6.14. The van der Waals surface area contributed by atoms with Crippen molar-refractivity contribution in [2.24, 2.45) is 0 Å². The third-order valence-corrected chi connectivity index (χ3v) is 9.33. The molecule has 0 amide bonds. The molecule has 0 aliphatic carbocycles. The van der Waals surface area contributed by atoms with E-state index in [0.29, 0.717) is 5.56 Å². The first kappa shape index (κ1) is 28.8. The van der Waals surface area contributed by atoms with Gasteiger partial charge < -0.3 is 18.9 Å². The summed E-state index contributed by atoms with van der Waals surface area (Å²) < 4.78 is 88.4. The van der Waals surface area contributed by atoms with E-state index in [4.69, 9.17) is 27.3 Å². The van der Waals surface area contributed by atoms with Gasteiger partial charge in [-0.15, -0.1) is 0 Å². The number of hydrogen-bond donors (Lipinski definition) is 0. The van der Waals surface area contributed by atoms with Gasteiger partial charge in [0.1, 0.15) is 18.3 Å². The summed E-state index contributed by atoms with van der Waals surface area (Å²) in [5.41, 5.74) is 2.39. The Morgan fingerprint density at radius 1 is 0.700 bits per heavy atom. The highest BCUT2D eigenvalue weighted by Crippen LogP contribution is 2.38. The molecule has 0 N–H and O–H groups in total. The summed E-state index contributed by atoms with van der Waals surface area (Å²) in [5, 5.41) is 0. The largest absolute Gasteiger partial charge is 0.353 e. The van der Waals surface area contributed by atoms with E-state index >= 15 is 0 Å². The second-order valence-electron chi connectivity index (χ2n) is 9.61. The van der Waals surface area contributed by atoms with Crippen molar-refractivity contribution in [2.45, 2.75) is 60.6 Å². The van der Waals surface area contributed by atoms with Crippen LogP contribution in [0.4, 0.5) is 0 Å². The van der Waals surface area contributed by atoms with Gasteiger partial charge in [-0.1, -0.05) is 65.7 Å². The van der Waals surface area contributed by atoms with Crippen LogP contribution in [0, 0.1) is 13.8 Å². The number of fused-ring (bicyclic) bond motifs is 1. The molecule has 0 spiro atoms. The zero-order valence-electron chi connectivity index (χ0n) is 22.1. The van der Waals surface area contributed by atoms with Crippen molar-refractivity contribution in [3.63, 3.8) is 0 Å². The average molecular weight is 591 g/mol. The second kappa shape index (κ2) is 11.7. The Morgan fingerprint density at radius 3 is 1.75 bits per heavy atom. The molecule has 0 aromatic heterocycles. The highest BCUT2D eigenvalue weighted by molar-refractivity contribution is 7.87. The Kier molecular flexibility index (Phi) is 8.41. The fourth-order valence-electron chi connectivity index (χ4n) is 4.54. The molecule has 3 aromatic rings. The van der Waals surface area contributed by atoms with E-state index in [1.54, 1.807) is 36.4 Å². The second-order valence-corrected chi connectivity index (χ2v) is 12.8. The zero-order valence-corrected chi connectivity index (χ0v) is 23.7. The van der Waals surface area contributed by atoms with Gasteiger partial charge in [-0.3, -0.25) is 8.37 Å². The molecule has 40 heavy (non-hydrogen) atoms. The van der Waals surface area contributed by atoms with Crippen molar-refractivity contribution in [3.05, 3.63) is 95.6 Å². The maximum atomic E-state index is 13.5. The molecule has 2 fully saturated rings. The van der Waals surface area contributed by atoms with E-state index in [0.717, 1.165) is 11.1 Å². The molecule has 2 heterocycles. The van der Waals surface area contributed by atoms with E-state index in [-0.39, 0.29) is 16.4 Å². The minimum atomic E-state index is -4.41. The molecule has 3 aromatic carbocycles. The summed E-state index contributed by atoms with van der Waals surface area (Å²) in [6, 6.07) is 21.2. The molecular weight excluding hydrogens is 560 g/mol. The zero-order chi connectivity index (χ0) is 28.5. The van der Waals surface area contributed by atoms with Gasteiger partial charge in [-0.25, -0.2) is 0 Å². The molecule has 0 radical (unpaired) electrons. The van der Waals surface area contributed by atoms with Gasteiger partial charge in [0, 0.05) is 12.7 Å². The summed E-state index contributed by atoms with van der Waals surface area (Å²) in [7, 11) is -7.52. The number of benzene rings is 3. The molecule has 10 nitrogen and oxygen atoms in total. The Bertz CT molecular complexity index is 1510. The third-order valence-electron chi connectivity index (χ3n) is 6.68. The molecule has 5 rings (SSSR count). The van der Waals surface area contributed by atoms with Crippen LogP contribution in [-0.2, 0) is 47.5 Å². The van der Waals surface area contributed by atoms with Crippen LogP contribution >= 0.6 is 0 Å². The number of rotatable bonds is 8. The first-order valence-corrected chi connectivity index (χ1v) is 15.4. The number of ether oxygens (including phenoxy) is 4. The monoisotopic (exact) mass is 590 g/mol. The molecule has 12 heteroatoms. The molecule has 0 unspecified atom stereocenters. The van der Waals surface area contributed by atoms with E-state index in [2.05, 4.69) is 0 Å². The molecule has 2 aliphatic rings. The van der Waals surface area contributed by atoms with Gasteiger partial charge in [0.25, 0.3) is 20.2 Å². The Labute approximate surface area is 234 Å². The summed E-state index contributed by atoms with van der Waals surface area (Å²) in [5.74, 6) is 0. The predicted octanol–water partition coefficient (Wildman–Crippen LogP) is 3.64. The first-order valence-electron chi connectivity index (χ1n) is 12.6. The van der Waals surface area contributed by atoms with E-state index in [9.17, 15) is 16.8 Å². The van der Waals surface area contributed by atoms with Crippen molar-refractivity contribution >= 4 is 20.2 Å². The fraction of sp³-hybridized carbons (Fsp3) is 0.357. The lowest BCUT2D eigenvalue weighted by atomic mass is 9.98. The molecule has 0 saturated carbocycles. The van der Waals surface area contributed by atoms with Crippen LogP contribution in [0.15, 0.2) is 88.7 Å².